The van der Waals surface area contributed by atoms with Crippen molar-refractivity contribution in [2.45, 2.75) is 0 Å². The maximum absolute atomic E-state index is 7.53. The number of hydrogen-bond donors (Lipinski definition) is 0. The molecule has 0 saturated heterocycles. The van der Waals surface area contributed by atoms with Gasteiger partial charge in [-0.3, -0.25) is 0 Å². The van der Waals surface area contributed by atoms with Crippen molar-refractivity contribution in [3.05, 3.63) is 110 Å². The van der Waals surface area contributed by atoms with Crippen LogP contribution in [0.25, 0.3) is 32.7 Å². The molecular formula is C27H27Li3N3O3+9. The Labute approximate surface area is 245 Å². The third-order valence-corrected chi connectivity index (χ3v) is 5.09. The number of aromatic amines is 3. The molecule has 0 spiro atoms. The largest absolute Gasteiger partial charge is 1.00 e. The summed E-state index contributed by atoms with van der Waals surface area (Å²) in [4.78, 5) is 9.09. The summed E-state index contributed by atoms with van der Waals surface area (Å²) >= 11 is 0. The monoisotopic (exact) mass is 462 g/mol. The Morgan fingerprint density at radius 2 is 0.611 bits per heavy atom. The van der Waals surface area contributed by atoms with E-state index in [4.69, 9.17) is 15.3 Å². The molecule has 0 bridgehead atoms. The van der Waals surface area contributed by atoms with Crippen molar-refractivity contribution in [3.63, 3.8) is 0 Å². The molecule has 6 aromatic rings. The number of fused-ring (bicyclic) bond motifs is 3. The van der Waals surface area contributed by atoms with Crippen molar-refractivity contribution in [1.82, 2.24) is 0 Å². The van der Waals surface area contributed by atoms with Crippen LogP contribution in [0.2, 0.25) is 0 Å². The number of para-hydroxylation sites is 3. The molecule has 6 rings (SSSR count). The van der Waals surface area contributed by atoms with E-state index < -0.39 is 0 Å². The molecule has 6 nitrogen and oxygen atoms in total. The van der Waals surface area contributed by atoms with E-state index >= 15 is 0 Å². The van der Waals surface area contributed by atoms with E-state index in [-0.39, 0.29) is 56.6 Å². The number of benzene rings is 3. The summed E-state index contributed by atoms with van der Waals surface area (Å²) in [5.74, 6) is 1.63. The molecule has 0 aliphatic heterocycles. The van der Waals surface area contributed by atoms with Crippen LogP contribution in [0.15, 0.2) is 110 Å². The van der Waals surface area contributed by atoms with Crippen LogP contribution in [-0.4, -0.2) is 15.3 Å². The first kappa shape index (κ1) is 31.1. The molecule has 9 N–H and O–H groups in total. The van der Waals surface area contributed by atoms with Crippen LogP contribution in [-0.2, 0) is 0 Å². The third-order valence-electron chi connectivity index (χ3n) is 5.09. The zero-order chi connectivity index (χ0) is 23.0. The van der Waals surface area contributed by atoms with Crippen LogP contribution in [0, 0.1) is 0 Å². The summed E-state index contributed by atoms with van der Waals surface area (Å²) in [6.45, 7) is 0. The SMILES string of the molecule is [Li+].[Li+].[Li+].[OH2+]c1cccc2ccc[nH+]c12.[OH2+]c1cccc2ccc[nH+]c12.[OH2+]c1cccc2ccc[nH+]c12. The van der Waals surface area contributed by atoms with Gasteiger partial charge in [0.05, 0.1) is 16.2 Å². The maximum Gasteiger partial charge on any atom is 1.00 e. The van der Waals surface area contributed by atoms with Crippen LogP contribution >= 0.6 is 0 Å². The minimum atomic E-state index is 0. The van der Waals surface area contributed by atoms with Crippen LogP contribution in [0.5, 0.6) is 17.2 Å². The molecule has 0 atom stereocenters. The first-order chi connectivity index (χ1) is 16.1. The molecule has 0 amide bonds. The van der Waals surface area contributed by atoms with Gasteiger partial charge in [0.15, 0.2) is 18.6 Å². The standard InChI is InChI=1S/3C9H7NO.3Li/c3*11-8-5-1-3-7-4-2-6-10-9(7)8;;;/h3*1-6,11H;;;/q;;;3*+1/p+6. The Hall–Kier alpha value is -2.92. The Balaban J connectivity index is 0.000000259. The first-order valence-corrected chi connectivity index (χ1v) is 10.5. The van der Waals surface area contributed by atoms with E-state index in [1.807, 2.05) is 91.4 Å². The van der Waals surface area contributed by atoms with Crippen molar-refractivity contribution >= 4 is 32.7 Å². The topological polar surface area (TPSA) is 111 Å². The van der Waals surface area contributed by atoms with E-state index in [0.717, 1.165) is 32.7 Å². The predicted molar refractivity (Wildman–Crippen MR) is 131 cm³/mol. The second-order valence-electron chi connectivity index (χ2n) is 7.32. The van der Waals surface area contributed by atoms with Crippen molar-refractivity contribution in [1.29, 1.82) is 0 Å². The van der Waals surface area contributed by atoms with E-state index in [9.17, 15) is 0 Å². The molecule has 3 aromatic carbocycles. The van der Waals surface area contributed by atoms with Gasteiger partial charge in [0.2, 0.25) is 0 Å². The van der Waals surface area contributed by atoms with Crippen LogP contribution < -0.4 is 71.5 Å². The number of rotatable bonds is 0. The van der Waals surface area contributed by atoms with Crippen molar-refractivity contribution in [2.24, 2.45) is 0 Å². The molecule has 162 valence electrons. The van der Waals surface area contributed by atoms with E-state index in [1.165, 1.54) is 0 Å². The summed E-state index contributed by atoms with van der Waals surface area (Å²) in [7, 11) is 0. The number of pyridine rings is 3. The minimum Gasteiger partial charge on any atom is -0.589 e. The predicted octanol–water partition coefficient (Wildman–Crippen LogP) is -5.71. The Morgan fingerprint density at radius 1 is 0.361 bits per heavy atom. The molecule has 9 heteroatoms. The van der Waals surface area contributed by atoms with Crippen molar-refractivity contribution in [2.75, 3.05) is 0 Å². The molecule has 3 heterocycles. The average Bonchev–Trinajstić information content (AvgIpc) is 2.86. The minimum absolute atomic E-state index is 0. The molecule has 0 unspecified atom stereocenters. The second-order valence-corrected chi connectivity index (χ2v) is 7.32. The number of hydrogen-bond acceptors (Lipinski definition) is 0. The van der Waals surface area contributed by atoms with Crippen molar-refractivity contribution < 1.29 is 86.9 Å². The molecule has 0 radical (unpaired) electrons. The van der Waals surface area contributed by atoms with Crippen molar-refractivity contribution in [3.8, 4) is 17.2 Å². The summed E-state index contributed by atoms with van der Waals surface area (Å²) in [6, 6.07) is 28.7. The summed E-state index contributed by atoms with van der Waals surface area (Å²) in [6.07, 6.45) is 5.50. The molecule has 0 saturated carbocycles. The van der Waals surface area contributed by atoms with Gasteiger partial charge in [-0.2, -0.15) is 0 Å². The van der Waals surface area contributed by atoms with Gasteiger partial charge in [0.1, 0.15) is 0 Å². The fraction of sp³-hybridized carbons (Fsp3) is 0. The van der Waals surface area contributed by atoms with Gasteiger partial charge < -0.3 is 15.3 Å². The summed E-state index contributed by atoms with van der Waals surface area (Å²) in [5.41, 5.74) is 2.69. The number of H-pyrrole nitrogens is 3. The molecule has 3 aromatic heterocycles. The average molecular weight is 462 g/mol. The smallest absolute Gasteiger partial charge is 0.589 e. The maximum atomic E-state index is 7.53. The zero-order valence-electron chi connectivity index (χ0n) is 20.9. The summed E-state index contributed by atoms with van der Waals surface area (Å²) in [5, 5.41) is 25.8. The Bertz CT molecular complexity index is 1330. The Kier molecular flexibility index (Phi) is 13.2. The second kappa shape index (κ2) is 15.3. The first-order valence-electron chi connectivity index (χ1n) is 10.5. The fourth-order valence-corrected chi connectivity index (χ4v) is 3.46. The van der Waals surface area contributed by atoms with E-state index in [0.29, 0.717) is 17.2 Å². The Morgan fingerprint density at radius 3 is 0.861 bits per heavy atom. The van der Waals surface area contributed by atoms with E-state index in [1.54, 1.807) is 18.2 Å². The van der Waals surface area contributed by atoms with Gasteiger partial charge in [-0.1, -0.05) is 18.2 Å². The molecular weight excluding hydrogens is 435 g/mol. The number of nitrogens with one attached hydrogen (secondary N) is 3. The molecule has 0 fully saturated rings. The van der Waals surface area contributed by atoms with Crippen LogP contribution in [0.1, 0.15) is 0 Å². The van der Waals surface area contributed by atoms with E-state index in [2.05, 4.69) is 15.0 Å². The third kappa shape index (κ3) is 7.79. The fourth-order valence-electron chi connectivity index (χ4n) is 3.46. The van der Waals surface area contributed by atoms with Crippen LogP contribution in [0.3, 0.4) is 0 Å². The quantitative estimate of drug-likeness (QED) is 0.158. The number of aromatic nitrogens is 3. The zero-order valence-corrected chi connectivity index (χ0v) is 20.9. The van der Waals surface area contributed by atoms with Gasteiger partial charge in [-0.05, 0) is 36.4 Å². The van der Waals surface area contributed by atoms with Gasteiger partial charge in [-0.25, -0.2) is 15.0 Å². The van der Waals surface area contributed by atoms with Gasteiger partial charge in [0.25, 0.3) is 0 Å². The molecule has 0 aliphatic carbocycles. The molecule has 0 aliphatic rings. The summed E-state index contributed by atoms with van der Waals surface area (Å²) < 4.78 is 0. The molecule has 36 heavy (non-hydrogen) atoms. The van der Waals surface area contributed by atoms with Gasteiger partial charge in [0, 0.05) is 36.4 Å². The van der Waals surface area contributed by atoms with Gasteiger partial charge >= 0.3 is 90.4 Å². The van der Waals surface area contributed by atoms with Gasteiger partial charge in [-0.15, -0.1) is 0 Å². The van der Waals surface area contributed by atoms with Crippen LogP contribution in [0.4, 0.5) is 0 Å². The normalized spacial score (nSPS) is 9.33.